The van der Waals surface area contributed by atoms with Crippen molar-refractivity contribution in [2.75, 3.05) is 5.32 Å². The van der Waals surface area contributed by atoms with E-state index >= 15 is 0 Å². The molecule has 0 aliphatic carbocycles. The second-order valence-electron chi connectivity index (χ2n) is 6.50. The second-order valence-corrected chi connectivity index (χ2v) is 6.50. The smallest absolute Gasteiger partial charge is 0.416 e. The number of carboxylic acids is 1. The highest BCUT2D eigenvalue weighted by atomic mass is 19.4. The standard InChI is InChI=1S/C20H16F3N5O3/c21-20(22,23)14-9-7-12(8-10-14)18-25-27-19(28-26-18)13-3-1-4-15(11-13)24-16(29)5-2-6-17(30)31/h1,3-4,7-11H,2,5-6H2,(H,24,29)(H,30,31). The number of halogens is 3. The normalized spacial score (nSPS) is 11.2. The van der Waals surface area contributed by atoms with Crippen molar-refractivity contribution in [3.05, 3.63) is 54.1 Å². The Morgan fingerprint density at radius 3 is 2.06 bits per heavy atom. The summed E-state index contributed by atoms with van der Waals surface area (Å²) in [6.45, 7) is 0. The van der Waals surface area contributed by atoms with E-state index in [9.17, 15) is 22.8 Å². The summed E-state index contributed by atoms with van der Waals surface area (Å²) in [5.41, 5.74) is 0.535. The molecule has 8 nitrogen and oxygen atoms in total. The van der Waals surface area contributed by atoms with Crippen LogP contribution in [0, 0.1) is 0 Å². The molecule has 2 aromatic carbocycles. The van der Waals surface area contributed by atoms with Crippen LogP contribution in [0.3, 0.4) is 0 Å². The summed E-state index contributed by atoms with van der Waals surface area (Å²) < 4.78 is 38.0. The van der Waals surface area contributed by atoms with Crippen molar-refractivity contribution < 1.29 is 27.9 Å². The fourth-order valence-electron chi connectivity index (χ4n) is 2.63. The number of aromatic nitrogens is 4. The summed E-state index contributed by atoms with van der Waals surface area (Å²) in [4.78, 5) is 22.4. The lowest BCUT2D eigenvalue weighted by molar-refractivity contribution is -0.138. The van der Waals surface area contributed by atoms with Gasteiger partial charge in [-0.2, -0.15) is 13.2 Å². The first kappa shape index (κ1) is 21.8. The number of anilines is 1. The average Bonchev–Trinajstić information content (AvgIpc) is 2.73. The van der Waals surface area contributed by atoms with E-state index in [1.165, 1.54) is 12.1 Å². The number of carbonyl (C=O) groups is 2. The maximum Gasteiger partial charge on any atom is 0.416 e. The zero-order chi connectivity index (χ0) is 22.4. The van der Waals surface area contributed by atoms with Crippen molar-refractivity contribution in [1.29, 1.82) is 0 Å². The van der Waals surface area contributed by atoms with Gasteiger partial charge < -0.3 is 10.4 Å². The van der Waals surface area contributed by atoms with Crippen LogP contribution in [-0.2, 0) is 15.8 Å². The molecule has 0 saturated heterocycles. The topological polar surface area (TPSA) is 118 Å². The molecular formula is C20H16F3N5O3. The first-order chi connectivity index (χ1) is 14.7. The molecule has 0 saturated carbocycles. The number of rotatable bonds is 7. The van der Waals surface area contributed by atoms with Crippen LogP contribution in [0.4, 0.5) is 18.9 Å². The van der Waals surface area contributed by atoms with Gasteiger partial charge in [-0.1, -0.05) is 24.3 Å². The third-order valence-corrected chi connectivity index (χ3v) is 4.15. The van der Waals surface area contributed by atoms with E-state index in [4.69, 9.17) is 5.11 Å². The summed E-state index contributed by atoms with van der Waals surface area (Å²) >= 11 is 0. The van der Waals surface area contributed by atoms with Gasteiger partial charge in [-0.15, -0.1) is 20.4 Å². The lowest BCUT2D eigenvalue weighted by Gasteiger charge is -2.07. The number of nitrogens with zero attached hydrogens (tertiary/aromatic N) is 4. The minimum absolute atomic E-state index is 0.0674. The van der Waals surface area contributed by atoms with E-state index in [0.717, 1.165) is 12.1 Å². The van der Waals surface area contributed by atoms with Crippen LogP contribution in [0.25, 0.3) is 22.8 Å². The summed E-state index contributed by atoms with van der Waals surface area (Å²) in [6, 6.07) is 10.9. The second kappa shape index (κ2) is 9.28. The van der Waals surface area contributed by atoms with E-state index in [-0.39, 0.29) is 36.8 Å². The Hall–Kier alpha value is -3.89. The Balaban J connectivity index is 1.69. The molecule has 2 N–H and O–H groups in total. The van der Waals surface area contributed by atoms with Gasteiger partial charge in [0, 0.05) is 29.7 Å². The van der Waals surface area contributed by atoms with E-state index in [1.807, 2.05) is 0 Å². The van der Waals surface area contributed by atoms with Crippen LogP contribution in [0.15, 0.2) is 48.5 Å². The van der Waals surface area contributed by atoms with E-state index < -0.39 is 17.7 Å². The van der Waals surface area contributed by atoms with Gasteiger partial charge in [-0.25, -0.2) is 0 Å². The van der Waals surface area contributed by atoms with Crippen LogP contribution < -0.4 is 5.32 Å². The lowest BCUT2D eigenvalue weighted by Crippen LogP contribution is -2.12. The SMILES string of the molecule is O=C(O)CCCC(=O)Nc1cccc(-c2nnc(-c3ccc(C(F)(F)F)cc3)nn2)c1. The van der Waals surface area contributed by atoms with Gasteiger partial charge in [0.1, 0.15) is 0 Å². The molecule has 1 heterocycles. The summed E-state index contributed by atoms with van der Waals surface area (Å²) in [5, 5.41) is 27.0. The third-order valence-electron chi connectivity index (χ3n) is 4.15. The zero-order valence-corrected chi connectivity index (χ0v) is 15.9. The molecule has 0 aliphatic rings. The van der Waals surface area contributed by atoms with E-state index in [2.05, 4.69) is 25.7 Å². The van der Waals surface area contributed by atoms with Crippen molar-refractivity contribution in [3.8, 4) is 22.8 Å². The van der Waals surface area contributed by atoms with Crippen molar-refractivity contribution in [1.82, 2.24) is 20.4 Å². The average molecular weight is 431 g/mol. The van der Waals surface area contributed by atoms with Crippen LogP contribution in [0.2, 0.25) is 0 Å². The van der Waals surface area contributed by atoms with Crippen molar-refractivity contribution in [3.63, 3.8) is 0 Å². The highest BCUT2D eigenvalue weighted by molar-refractivity contribution is 5.91. The van der Waals surface area contributed by atoms with Crippen molar-refractivity contribution >= 4 is 17.6 Å². The molecule has 3 aromatic rings. The molecule has 31 heavy (non-hydrogen) atoms. The number of hydrogen-bond acceptors (Lipinski definition) is 6. The molecule has 1 aromatic heterocycles. The van der Waals surface area contributed by atoms with Gasteiger partial charge in [-0.3, -0.25) is 9.59 Å². The van der Waals surface area contributed by atoms with Crippen LogP contribution >= 0.6 is 0 Å². The molecule has 0 spiro atoms. The maximum atomic E-state index is 12.7. The molecule has 0 atom stereocenters. The Kier molecular flexibility index (Phi) is 6.53. The Bertz CT molecular complexity index is 1070. The predicted molar refractivity (Wildman–Crippen MR) is 104 cm³/mol. The Morgan fingerprint density at radius 1 is 0.871 bits per heavy atom. The van der Waals surface area contributed by atoms with Crippen LogP contribution in [0.5, 0.6) is 0 Å². The number of carboxylic acid groups (broad SMARTS) is 1. The first-order valence-electron chi connectivity index (χ1n) is 9.09. The molecule has 0 bridgehead atoms. The fourth-order valence-corrected chi connectivity index (χ4v) is 2.63. The molecule has 0 radical (unpaired) electrons. The van der Waals surface area contributed by atoms with Crippen LogP contribution in [0.1, 0.15) is 24.8 Å². The number of amides is 1. The number of alkyl halides is 3. The number of aliphatic carboxylic acids is 1. The zero-order valence-electron chi connectivity index (χ0n) is 15.9. The predicted octanol–water partition coefficient (Wildman–Crippen LogP) is 3.81. The number of hydrogen-bond donors (Lipinski definition) is 2. The highest BCUT2D eigenvalue weighted by Gasteiger charge is 2.30. The molecule has 11 heteroatoms. The lowest BCUT2D eigenvalue weighted by atomic mass is 10.1. The van der Waals surface area contributed by atoms with Crippen molar-refractivity contribution in [2.45, 2.75) is 25.4 Å². The minimum Gasteiger partial charge on any atom is -0.481 e. The molecule has 3 rings (SSSR count). The fraction of sp³-hybridized carbons (Fsp3) is 0.200. The molecular weight excluding hydrogens is 415 g/mol. The summed E-state index contributed by atoms with van der Waals surface area (Å²) in [5.74, 6) is -1.06. The molecule has 0 unspecified atom stereocenters. The monoisotopic (exact) mass is 431 g/mol. The van der Waals surface area contributed by atoms with Gasteiger partial charge in [0.2, 0.25) is 17.6 Å². The number of nitrogens with one attached hydrogen (secondary N) is 1. The molecule has 0 aliphatic heterocycles. The molecule has 1 amide bonds. The Morgan fingerprint density at radius 2 is 1.48 bits per heavy atom. The largest absolute Gasteiger partial charge is 0.481 e. The third kappa shape index (κ3) is 6.04. The summed E-state index contributed by atoms with van der Waals surface area (Å²) in [7, 11) is 0. The minimum atomic E-state index is -4.43. The molecule has 160 valence electrons. The molecule has 0 fully saturated rings. The van der Waals surface area contributed by atoms with Gasteiger partial charge in [0.25, 0.3) is 0 Å². The van der Waals surface area contributed by atoms with Gasteiger partial charge in [-0.05, 0) is 30.7 Å². The van der Waals surface area contributed by atoms with Crippen molar-refractivity contribution in [2.24, 2.45) is 0 Å². The first-order valence-corrected chi connectivity index (χ1v) is 9.09. The van der Waals surface area contributed by atoms with E-state index in [1.54, 1.807) is 24.3 Å². The summed E-state index contributed by atoms with van der Waals surface area (Å²) in [6.07, 6.45) is -4.23. The Labute approximate surface area is 174 Å². The van der Waals surface area contributed by atoms with Gasteiger partial charge in [0.15, 0.2) is 0 Å². The van der Waals surface area contributed by atoms with Crippen LogP contribution in [-0.4, -0.2) is 37.4 Å². The highest BCUT2D eigenvalue weighted by Crippen LogP contribution is 2.30. The maximum absolute atomic E-state index is 12.7. The van der Waals surface area contributed by atoms with E-state index in [0.29, 0.717) is 16.8 Å². The van der Waals surface area contributed by atoms with Gasteiger partial charge in [0.05, 0.1) is 5.56 Å². The van der Waals surface area contributed by atoms with Gasteiger partial charge >= 0.3 is 12.1 Å². The quantitative estimate of drug-likeness (QED) is 0.584. The number of benzene rings is 2. The number of carbonyl (C=O) groups excluding carboxylic acids is 1.